The minimum atomic E-state index is -0.0508. The number of amides is 1. The number of hydrogen-bond donors (Lipinski definition) is 0. The molecule has 0 saturated carbocycles. The molecule has 3 aromatic rings. The molecule has 4 heterocycles. The first-order valence-corrected chi connectivity index (χ1v) is 15.1. The molecule has 0 N–H and O–H groups in total. The van der Waals surface area contributed by atoms with Crippen LogP contribution < -0.4 is 14.5 Å². The molecule has 3 aliphatic rings. The number of likely N-dealkylation sites (tertiary alicyclic amines) is 1. The van der Waals surface area contributed by atoms with E-state index in [0.717, 1.165) is 49.3 Å². The Labute approximate surface area is 248 Å². The highest BCUT2D eigenvalue weighted by Gasteiger charge is 2.34. The average Bonchev–Trinajstić information content (AvgIpc) is 3.42. The van der Waals surface area contributed by atoms with Crippen molar-refractivity contribution in [3.63, 3.8) is 0 Å². The number of nitriles is 1. The number of carbonyl (C=O) groups excluding carboxylic acids is 1. The van der Waals surface area contributed by atoms with Gasteiger partial charge >= 0.3 is 0 Å². The lowest BCUT2D eigenvalue weighted by molar-refractivity contribution is -0.128. The van der Waals surface area contributed by atoms with Gasteiger partial charge in [0.1, 0.15) is 18.2 Å². The molecular weight excluding hydrogens is 524 g/mol. The fourth-order valence-corrected chi connectivity index (χ4v) is 7.03. The van der Waals surface area contributed by atoms with Gasteiger partial charge in [0.25, 0.3) is 0 Å². The predicted molar refractivity (Wildman–Crippen MR) is 167 cm³/mol. The Morgan fingerprint density at radius 2 is 1.98 bits per heavy atom. The van der Waals surface area contributed by atoms with Crippen LogP contribution in [0.5, 0.6) is 5.88 Å². The summed E-state index contributed by atoms with van der Waals surface area (Å²) in [5, 5.41) is 13.0. The minimum Gasteiger partial charge on any atom is -0.475 e. The van der Waals surface area contributed by atoms with Gasteiger partial charge in [-0.25, -0.2) is 4.98 Å². The number of nitrogens with zero attached hydrogens (tertiary/aromatic N) is 6. The summed E-state index contributed by atoms with van der Waals surface area (Å²) < 4.78 is 6.42. The molecule has 2 saturated heterocycles. The number of aromatic nitrogens is 1. The molecule has 2 fully saturated rings. The van der Waals surface area contributed by atoms with Crippen molar-refractivity contribution >= 4 is 28.1 Å². The first-order chi connectivity index (χ1) is 20.4. The fourth-order valence-electron chi connectivity index (χ4n) is 7.03. The highest BCUT2D eigenvalue weighted by molar-refractivity contribution is 5.97. The second-order valence-electron chi connectivity index (χ2n) is 11.9. The van der Waals surface area contributed by atoms with E-state index in [4.69, 9.17) is 9.72 Å². The quantitative estimate of drug-likeness (QED) is 0.403. The molecule has 2 unspecified atom stereocenters. The number of hydrogen-bond acceptors (Lipinski definition) is 7. The van der Waals surface area contributed by atoms with E-state index in [0.29, 0.717) is 50.3 Å². The maximum absolute atomic E-state index is 12.5. The smallest absolute Gasteiger partial charge is 0.246 e. The topological polar surface area (TPSA) is 75.9 Å². The number of aryl methyl sites for hydroxylation is 1. The van der Waals surface area contributed by atoms with E-state index in [1.807, 2.05) is 4.90 Å². The normalized spacial score (nSPS) is 20.9. The van der Waals surface area contributed by atoms with E-state index < -0.39 is 0 Å². The molecule has 1 aromatic heterocycles. The summed E-state index contributed by atoms with van der Waals surface area (Å²) in [6.07, 6.45) is 4.40. The van der Waals surface area contributed by atoms with Crippen molar-refractivity contribution in [3.8, 4) is 11.9 Å². The maximum atomic E-state index is 12.5. The Balaban J connectivity index is 1.39. The van der Waals surface area contributed by atoms with Gasteiger partial charge in [-0.3, -0.25) is 4.79 Å². The van der Waals surface area contributed by atoms with Gasteiger partial charge < -0.3 is 24.3 Å². The zero-order valence-electron chi connectivity index (χ0n) is 25.0. The van der Waals surface area contributed by atoms with Crippen molar-refractivity contribution in [2.75, 3.05) is 56.2 Å². The Morgan fingerprint density at radius 1 is 1.17 bits per heavy atom. The van der Waals surface area contributed by atoms with Crippen LogP contribution in [0.25, 0.3) is 10.8 Å². The average molecular weight is 565 g/mol. The molecule has 0 radical (unpaired) electrons. The molecule has 8 heteroatoms. The Hall–Kier alpha value is -4.09. The predicted octanol–water partition coefficient (Wildman–Crippen LogP) is 4.67. The number of benzene rings is 2. The number of fused-ring (bicyclic) bond motifs is 2. The minimum absolute atomic E-state index is 0.00476. The number of rotatable bonds is 6. The number of anilines is 2. The van der Waals surface area contributed by atoms with Crippen LogP contribution in [0.3, 0.4) is 0 Å². The largest absolute Gasteiger partial charge is 0.475 e. The van der Waals surface area contributed by atoms with Gasteiger partial charge in [-0.05, 0) is 69.8 Å². The standard InChI is InChI=1S/C34H40N6O2/c1-5-31(41)40-18-17-39(20-24(40)3)33-27-14-16-38(30-13-7-11-25-10-6-9-23(2)32(25)30)21-29(27)36-34(28(33)19-35)42-22-26-12-8-15-37(26)4/h5-7,9-11,13,24,26H,1,8,12,14-18,20-22H2,2-4H3. The zero-order chi connectivity index (χ0) is 29.4. The van der Waals surface area contributed by atoms with E-state index in [9.17, 15) is 10.1 Å². The van der Waals surface area contributed by atoms with Crippen LogP contribution >= 0.6 is 0 Å². The Morgan fingerprint density at radius 3 is 2.69 bits per heavy atom. The molecule has 2 atom stereocenters. The molecule has 2 aromatic carbocycles. The third kappa shape index (κ3) is 5.07. The van der Waals surface area contributed by atoms with Crippen LogP contribution in [-0.4, -0.2) is 79.2 Å². The van der Waals surface area contributed by atoms with Crippen molar-refractivity contribution in [1.82, 2.24) is 14.8 Å². The van der Waals surface area contributed by atoms with Crippen molar-refractivity contribution in [2.24, 2.45) is 0 Å². The van der Waals surface area contributed by atoms with E-state index in [2.05, 4.69) is 84.6 Å². The highest BCUT2D eigenvalue weighted by Crippen LogP contribution is 2.40. The summed E-state index contributed by atoms with van der Waals surface area (Å²) in [4.78, 5) is 26.4. The highest BCUT2D eigenvalue weighted by atomic mass is 16.5. The molecule has 218 valence electrons. The fraction of sp³-hybridized carbons (Fsp3) is 0.441. The summed E-state index contributed by atoms with van der Waals surface area (Å²) in [5.41, 5.74) is 6.01. The van der Waals surface area contributed by atoms with Crippen molar-refractivity contribution in [1.29, 1.82) is 5.26 Å². The summed E-state index contributed by atoms with van der Waals surface area (Å²) in [7, 11) is 2.13. The van der Waals surface area contributed by atoms with Gasteiger partial charge in [-0.15, -0.1) is 0 Å². The number of piperazine rings is 1. The first-order valence-electron chi connectivity index (χ1n) is 15.1. The molecule has 0 spiro atoms. The van der Waals surface area contributed by atoms with Crippen molar-refractivity contribution < 1.29 is 9.53 Å². The van der Waals surface area contributed by atoms with E-state index >= 15 is 0 Å². The third-order valence-corrected chi connectivity index (χ3v) is 9.32. The molecular formula is C34H40N6O2. The molecule has 3 aliphatic heterocycles. The molecule has 0 aliphatic carbocycles. The molecule has 8 nitrogen and oxygen atoms in total. The van der Waals surface area contributed by atoms with Crippen LogP contribution in [0, 0.1) is 18.3 Å². The van der Waals surface area contributed by atoms with E-state index in [-0.39, 0.29) is 11.9 Å². The number of pyridine rings is 1. The SMILES string of the molecule is C=CC(=O)N1CCN(c2c(C#N)c(OCC3CCCN3C)nc3c2CCN(c2cccc4cccc(C)c24)C3)CC1C. The molecule has 6 rings (SSSR count). The summed E-state index contributed by atoms with van der Waals surface area (Å²) >= 11 is 0. The van der Waals surface area contributed by atoms with E-state index in [1.54, 1.807) is 0 Å². The van der Waals surface area contributed by atoms with Crippen LogP contribution in [-0.2, 0) is 17.8 Å². The van der Waals surface area contributed by atoms with Crippen molar-refractivity contribution in [2.45, 2.75) is 51.7 Å². The second-order valence-corrected chi connectivity index (χ2v) is 11.9. The molecule has 1 amide bonds. The monoisotopic (exact) mass is 564 g/mol. The number of ether oxygens (including phenoxy) is 1. The third-order valence-electron chi connectivity index (χ3n) is 9.32. The van der Waals surface area contributed by atoms with Crippen LogP contribution in [0.15, 0.2) is 49.1 Å². The Bertz CT molecular complexity index is 1560. The first kappa shape index (κ1) is 28.0. The summed E-state index contributed by atoms with van der Waals surface area (Å²) in [6, 6.07) is 15.7. The summed E-state index contributed by atoms with van der Waals surface area (Å²) in [5.74, 6) is 0.380. The zero-order valence-corrected chi connectivity index (χ0v) is 25.0. The lowest BCUT2D eigenvalue weighted by Crippen LogP contribution is -2.54. The maximum Gasteiger partial charge on any atom is 0.246 e. The van der Waals surface area contributed by atoms with Crippen LogP contribution in [0.4, 0.5) is 11.4 Å². The van der Waals surface area contributed by atoms with Gasteiger partial charge in [-0.1, -0.05) is 36.9 Å². The van der Waals surface area contributed by atoms with Gasteiger partial charge in [-0.2, -0.15) is 5.26 Å². The summed E-state index contributed by atoms with van der Waals surface area (Å²) in [6.45, 7) is 12.8. The second kappa shape index (κ2) is 11.7. The molecule has 42 heavy (non-hydrogen) atoms. The Kier molecular flexibility index (Phi) is 7.78. The number of likely N-dealkylation sites (N-methyl/N-ethyl adjacent to an activating group) is 1. The number of carbonyl (C=O) groups is 1. The molecule has 0 bridgehead atoms. The van der Waals surface area contributed by atoms with Crippen LogP contribution in [0.2, 0.25) is 0 Å². The van der Waals surface area contributed by atoms with Gasteiger partial charge in [0.05, 0.1) is 17.9 Å². The van der Waals surface area contributed by atoms with Crippen LogP contribution in [0.1, 0.15) is 42.1 Å². The lowest BCUT2D eigenvalue weighted by Gasteiger charge is -2.42. The van der Waals surface area contributed by atoms with Gasteiger partial charge in [0.15, 0.2) is 0 Å². The van der Waals surface area contributed by atoms with E-state index in [1.165, 1.54) is 28.1 Å². The lowest BCUT2D eigenvalue weighted by atomic mass is 9.96. The van der Waals surface area contributed by atoms with Gasteiger partial charge in [0.2, 0.25) is 11.8 Å². The van der Waals surface area contributed by atoms with Crippen molar-refractivity contribution in [3.05, 3.63) is 71.4 Å². The van der Waals surface area contributed by atoms with Gasteiger partial charge in [0, 0.05) is 54.9 Å².